The molecule has 0 spiro atoms. The highest BCUT2D eigenvalue weighted by Crippen LogP contribution is 2.53. The van der Waals surface area contributed by atoms with Gasteiger partial charge in [0.2, 0.25) is 6.71 Å². The van der Waals surface area contributed by atoms with Crippen LogP contribution in [0.5, 0.6) is 0 Å². The molecular formula is C48H55BN2. The molecule has 0 aliphatic heterocycles. The van der Waals surface area contributed by atoms with Gasteiger partial charge in [-0.2, -0.15) is 0 Å². The number of aromatic nitrogens is 2. The zero-order chi connectivity index (χ0) is 36.4. The highest BCUT2D eigenvalue weighted by molar-refractivity contribution is 6.91. The summed E-state index contributed by atoms with van der Waals surface area (Å²) in [6.07, 6.45) is 14.9. The van der Waals surface area contributed by atoms with Crippen molar-refractivity contribution < 1.29 is 0 Å². The van der Waals surface area contributed by atoms with Crippen molar-refractivity contribution in [2.45, 2.75) is 99.8 Å². The molecule has 4 aromatic rings. The average molecular weight is 671 g/mol. The fraction of sp³-hybridized carbons (Fsp3) is 0.333. The van der Waals surface area contributed by atoms with Crippen molar-refractivity contribution in [3.63, 3.8) is 0 Å². The van der Waals surface area contributed by atoms with Crippen LogP contribution >= 0.6 is 0 Å². The smallest absolute Gasteiger partial charge is 0.228 e. The lowest BCUT2D eigenvalue weighted by atomic mass is 9.34. The predicted molar refractivity (Wildman–Crippen MR) is 223 cm³/mol. The van der Waals surface area contributed by atoms with Crippen LogP contribution in [0.4, 0.5) is 0 Å². The summed E-state index contributed by atoms with van der Waals surface area (Å²) in [5.41, 5.74) is 19.2. The van der Waals surface area contributed by atoms with Crippen LogP contribution in [-0.2, 0) is 5.41 Å². The molecule has 3 aromatic carbocycles. The summed E-state index contributed by atoms with van der Waals surface area (Å²) >= 11 is 0. The van der Waals surface area contributed by atoms with Crippen molar-refractivity contribution in [1.82, 2.24) is 9.97 Å². The lowest BCUT2D eigenvalue weighted by molar-refractivity contribution is 0.433. The maximum Gasteiger partial charge on any atom is 0.237 e. The molecule has 2 aliphatic rings. The van der Waals surface area contributed by atoms with Crippen LogP contribution in [-0.4, -0.2) is 16.7 Å². The Morgan fingerprint density at radius 1 is 0.863 bits per heavy atom. The third kappa shape index (κ3) is 7.45. The maximum absolute atomic E-state index is 4.93. The van der Waals surface area contributed by atoms with Gasteiger partial charge in [0.15, 0.2) is 5.82 Å². The van der Waals surface area contributed by atoms with E-state index in [4.69, 9.17) is 9.97 Å². The van der Waals surface area contributed by atoms with Gasteiger partial charge in [0, 0.05) is 5.56 Å². The predicted octanol–water partition coefficient (Wildman–Crippen LogP) is 11.5. The second-order valence-electron chi connectivity index (χ2n) is 15.6. The van der Waals surface area contributed by atoms with E-state index in [1.54, 1.807) is 0 Å². The second-order valence-corrected chi connectivity index (χ2v) is 15.6. The van der Waals surface area contributed by atoms with Crippen LogP contribution in [0.1, 0.15) is 113 Å². The van der Waals surface area contributed by atoms with E-state index in [1.807, 2.05) is 13.8 Å². The number of hydrogen-bond donors (Lipinski definition) is 0. The molecule has 2 bridgehead atoms. The van der Waals surface area contributed by atoms with Crippen molar-refractivity contribution >= 4 is 34.4 Å². The fourth-order valence-electron chi connectivity index (χ4n) is 8.82. The van der Waals surface area contributed by atoms with Crippen LogP contribution in [0.3, 0.4) is 0 Å². The van der Waals surface area contributed by atoms with E-state index in [2.05, 4.69) is 146 Å². The first-order valence-electron chi connectivity index (χ1n) is 18.9. The quantitative estimate of drug-likeness (QED) is 0.131. The Hall–Kier alpha value is -4.50. The molecule has 2 aliphatic carbocycles. The van der Waals surface area contributed by atoms with Crippen molar-refractivity contribution in [2.75, 3.05) is 0 Å². The van der Waals surface area contributed by atoms with E-state index >= 15 is 0 Å². The molecular weight excluding hydrogens is 615 g/mol. The van der Waals surface area contributed by atoms with Gasteiger partial charge in [-0.3, -0.25) is 0 Å². The summed E-state index contributed by atoms with van der Waals surface area (Å²) in [6.45, 7) is 24.1. The minimum atomic E-state index is 0.158. The standard InChI is InChI=1S/C48H55BN2/c1-11-13-38(12-2)44-28-45(51-47(50-44)32(5)6)40-16-20-42(21-17-40)48-25-24-37(29-48)14-15-41(30-48)39-18-22-43(23-19-39)49(36(10)31(3)4)46-34(8)26-33(7)27-35(46)9/h11-13,15-23,26-28,37H,5,14,24-25,29-30H2,1-4,6-10H3/b13-11-,38-12+. The number of nitrogens with zero attached hydrogens (tertiary/aromatic N) is 2. The third-order valence-electron chi connectivity index (χ3n) is 11.7. The molecule has 2 nitrogen and oxygen atoms in total. The number of fused-ring (bicyclic) bond motifs is 2. The van der Waals surface area contributed by atoms with Gasteiger partial charge in [0.1, 0.15) is 0 Å². The molecule has 1 aromatic heterocycles. The monoisotopic (exact) mass is 670 g/mol. The summed E-state index contributed by atoms with van der Waals surface area (Å²) in [7, 11) is 0. The molecule has 3 heteroatoms. The molecule has 2 unspecified atom stereocenters. The molecule has 0 radical (unpaired) electrons. The lowest BCUT2D eigenvalue weighted by Crippen LogP contribution is -2.46. The van der Waals surface area contributed by atoms with Crippen LogP contribution in [0.15, 0.2) is 109 Å². The molecule has 0 N–H and O–H groups in total. The number of rotatable bonds is 9. The van der Waals surface area contributed by atoms with Gasteiger partial charge in [0.25, 0.3) is 0 Å². The van der Waals surface area contributed by atoms with Gasteiger partial charge in [0.05, 0.1) is 11.4 Å². The number of benzene rings is 3. The first-order valence-corrected chi connectivity index (χ1v) is 18.9. The molecule has 1 heterocycles. The van der Waals surface area contributed by atoms with Crippen LogP contribution < -0.4 is 10.9 Å². The molecule has 6 rings (SSSR count). The van der Waals surface area contributed by atoms with Crippen molar-refractivity contribution in [2.24, 2.45) is 5.92 Å². The Morgan fingerprint density at radius 3 is 2.14 bits per heavy atom. The minimum absolute atomic E-state index is 0.158. The molecule has 1 fully saturated rings. The van der Waals surface area contributed by atoms with Crippen molar-refractivity contribution in [1.29, 1.82) is 0 Å². The Labute approximate surface area is 308 Å². The van der Waals surface area contributed by atoms with Crippen LogP contribution in [0.25, 0.3) is 28.0 Å². The van der Waals surface area contributed by atoms with Gasteiger partial charge >= 0.3 is 0 Å². The Kier molecular flexibility index (Phi) is 10.7. The highest BCUT2D eigenvalue weighted by atomic mass is 14.9. The summed E-state index contributed by atoms with van der Waals surface area (Å²) in [5, 5.41) is 0. The van der Waals surface area contributed by atoms with Gasteiger partial charge in [-0.1, -0.05) is 137 Å². The molecule has 260 valence electrons. The zero-order valence-electron chi connectivity index (χ0n) is 32.5. The lowest BCUT2D eigenvalue weighted by Gasteiger charge is -2.31. The fourth-order valence-corrected chi connectivity index (χ4v) is 8.82. The number of hydrogen-bond acceptors (Lipinski definition) is 2. The summed E-state index contributed by atoms with van der Waals surface area (Å²) in [5.74, 6) is 1.44. The Bertz CT molecular complexity index is 2050. The normalized spacial score (nSPS) is 18.8. The van der Waals surface area contributed by atoms with Crippen LogP contribution in [0.2, 0.25) is 0 Å². The number of allylic oxidation sites excluding steroid dienone is 9. The van der Waals surface area contributed by atoms with E-state index < -0.39 is 0 Å². The largest absolute Gasteiger partial charge is 0.237 e. The van der Waals surface area contributed by atoms with Crippen molar-refractivity contribution in [3.8, 4) is 11.3 Å². The zero-order valence-corrected chi connectivity index (χ0v) is 32.5. The van der Waals surface area contributed by atoms with Gasteiger partial charge < -0.3 is 0 Å². The van der Waals surface area contributed by atoms with E-state index in [9.17, 15) is 0 Å². The molecule has 1 saturated carbocycles. The van der Waals surface area contributed by atoms with E-state index in [1.165, 1.54) is 81.0 Å². The molecule has 0 amide bonds. The van der Waals surface area contributed by atoms with Crippen LogP contribution in [0, 0.1) is 26.7 Å². The topological polar surface area (TPSA) is 25.8 Å². The van der Waals surface area contributed by atoms with E-state index in [-0.39, 0.29) is 12.1 Å². The van der Waals surface area contributed by atoms with E-state index in [0.29, 0.717) is 5.82 Å². The SMILES string of the molecule is C=C(C)c1nc(C(/C=C\C)=C/C)cc(-c2ccc(C34CCC(CC=C(c5ccc(B(C(C)=C(C)C)c6c(C)cc(C)cc6C)cc5)C3)C4)cc2)n1. The molecule has 51 heavy (non-hydrogen) atoms. The summed E-state index contributed by atoms with van der Waals surface area (Å²) in [4.78, 5) is 9.77. The number of aryl methyl sites for hydroxylation is 3. The van der Waals surface area contributed by atoms with Crippen molar-refractivity contribution in [3.05, 3.63) is 148 Å². The van der Waals surface area contributed by atoms with Gasteiger partial charge in [-0.25, -0.2) is 9.97 Å². The first kappa shape index (κ1) is 36.3. The minimum Gasteiger partial charge on any atom is -0.228 e. The highest BCUT2D eigenvalue weighted by Gasteiger charge is 2.42. The Balaban J connectivity index is 1.31. The van der Waals surface area contributed by atoms with E-state index in [0.717, 1.165) is 40.4 Å². The average Bonchev–Trinajstić information content (AvgIpc) is 3.43. The summed E-state index contributed by atoms with van der Waals surface area (Å²) in [6, 6.07) is 25.7. The molecule has 2 atom stereocenters. The maximum atomic E-state index is 4.93. The summed E-state index contributed by atoms with van der Waals surface area (Å²) < 4.78 is 0. The van der Waals surface area contributed by atoms with Gasteiger partial charge in [-0.15, -0.1) is 0 Å². The van der Waals surface area contributed by atoms with Gasteiger partial charge in [-0.05, 0) is 133 Å². The Morgan fingerprint density at radius 2 is 1.53 bits per heavy atom. The molecule has 0 saturated heterocycles. The second kappa shape index (κ2) is 15.0. The first-order chi connectivity index (χ1) is 24.4. The third-order valence-corrected chi connectivity index (χ3v) is 11.7.